The highest BCUT2D eigenvalue weighted by molar-refractivity contribution is 5.88. The van der Waals surface area contributed by atoms with Crippen molar-refractivity contribution in [3.8, 4) is 5.75 Å². The topological polar surface area (TPSA) is 73.6 Å². The van der Waals surface area contributed by atoms with Crippen LogP contribution in [0.1, 0.15) is 21.5 Å². The Balaban J connectivity index is 1.71. The Morgan fingerprint density at radius 2 is 2.04 bits per heavy atom. The standard InChI is InChI=1S/C22H22N2O4/c1-27-21-7-5-17(6-8-21)14-28-15-19(13-24-10-9-23-16-24)11-18-3-2-4-20(12-18)22(25)26/h2-12,16H,13-15H2,1H3,(H,25,26). The van der Waals surface area contributed by atoms with E-state index >= 15 is 0 Å². The summed E-state index contributed by atoms with van der Waals surface area (Å²) in [5, 5.41) is 9.19. The number of carbonyl (C=O) groups is 1. The van der Waals surface area contributed by atoms with Gasteiger partial charge in [-0.15, -0.1) is 0 Å². The first kappa shape index (κ1) is 19.4. The van der Waals surface area contributed by atoms with E-state index in [1.165, 1.54) is 0 Å². The number of aromatic carboxylic acids is 1. The maximum atomic E-state index is 11.2. The molecule has 0 aliphatic rings. The molecular formula is C22H22N2O4. The number of hydrogen-bond acceptors (Lipinski definition) is 4. The molecule has 1 heterocycles. The fraction of sp³-hybridized carbons (Fsp3) is 0.182. The molecule has 144 valence electrons. The molecular weight excluding hydrogens is 356 g/mol. The number of nitrogens with zero attached hydrogens (tertiary/aromatic N) is 2. The van der Waals surface area contributed by atoms with Gasteiger partial charge in [-0.25, -0.2) is 9.78 Å². The van der Waals surface area contributed by atoms with E-state index in [0.29, 0.717) is 19.8 Å². The molecule has 0 radical (unpaired) electrons. The molecule has 3 aromatic rings. The average Bonchev–Trinajstić information content (AvgIpc) is 3.21. The van der Waals surface area contributed by atoms with Crippen LogP contribution in [0, 0.1) is 0 Å². The highest BCUT2D eigenvalue weighted by Crippen LogP contribution is 2.15. The van der Waals surface area contributed by atoms with Gasteiger partial charge >= 0.3 is 5.97 Å². The van der Waals surface area contributed by atoms with E-state index in [4.69, 9.17) is 9.47 Å². The Labute approximate surface area is 163 Å². The van der Waals surface area contributed by atoms with Crippen molar-refractivity contribution in [1.29, 1.82) is 0 Å². The number of rotatable bonds is 9. The van der Waals surface area contributed by atoms with Crippen molar-refractivity contribution in [2.24, 2.45) is 0 Å². The summed E-state index contributed by atoms with van der Waals surface area (Å²) in [7, 11) is 1.64. The second kappa shape index (κ2) is 9.53. The van der Waals surface area contributed by atoms with Crippen LogP contribution >= 0.6 is 0 Å². The molecule has 0 amide bonds. The molecule has 0 bridgehead atoms. The zero-order valence-corrected chi connectivity index (χ0v) is 15.6. The van der Waals surface area contributed by atoms with Crippen molar-refractivity contribution >= 4 is 12.0 Å². The quantitative estimate of drug-likeness (QED) is 0.611. The number of carboxylic acids is 1. The minimum Gasteiger partial charge on any atom is -0.497 e. The zero-order valence-electron chi connectivity index (χ0n) is 15.6. The fourth-order valence-corrected chi connectivity index (χ4v) is 2.77. The van der Waals surface area contributed by atoms with Gasteiger partial charge in [0.1, 0.15) is 5.75 Å². The first-order chi connectivity index (χ1) is 13.6. The zero-order chi connectivity index (χ0) is 19.8. The highest BCUT2D eigenvalue weighted by Gasteiger charge is 2.05. The van der Waals surface area contributed by atoms with Gasteiger partial charge in [0, 0.05) is 18.9 Å². The third kappa shape index (κ3) is 5.56. The predicted molar refractivity (Wildman–Crippen MR) is 106 cm³/mol. The molecule has 1 N–H and O–H groups in total. The molecule has 3 rings (SSSR count). The molecule has 0 aliphatic carbocycles. The summed E-state index contributed by atoms with van der Waals surface area (Å²) in [5.74, 6) is -0.134. The van der Waals surface area contributed by atoms with Gasteiger partial charge in [0.2, 0.25) is 0 Å². The molecule has 2 aromatic carbocycles. The third-order valence-electron chi connectivity index (χ3n) is 4.16. The molecule has 28 heavy (non-hydrogen) atoms. The second-order valence-corrected chi connectivity index (χ2v) is 6.31. The number of benzene rings is 2. The van der Waals surface area contributed by atoms with E-state index < -0.39 is 5.97 Å². The van der Waals surface area contributed by atoms with E-state index in [0.717, 1.165) is 22.4 Å². The van der Waals surface area contributed by atoms with Gasteiger partial charge in [0.25, 0.3) is 0 Å². The van der Waals surface area contributed by atoms with Crippen LogP contribution in [-0.2, 0) is 17.9 Å². The van der Waals surface area contributed by atoms with Crippen molar-refractivity contribution in [3.05, 3.63) is 89.5 Å². The lowest BCUT2D eigenvalue weighted by molar-refractivity contribution is 0.0697. The van der Waals surface area contributed by atoms with Crippen molar-refractivity contribution in [1.82, 2.24) is 9.55 Å². The normalized spacial score (nSPS) is 11.4. The lowest BCUT2D eigenvalue weighted by Crippen LogP contribution is -2.06. The summed E-state index contributed by atoms with van der Waals surface area (Å²) in [4.78, 5) is 15.3. The minimum atomic E-state index is -0.942. The molecule has 1 aromatic heterocycles. The molecule has 0 fully saturated rings. The van der Waals surface area contributed by atoms with Gasteiger partial charge in [0.15, 0.2) is 0 Å². The Bertz CT molecular complexity index is 931. The SMILES string of the molecule is COc1ccc(COCC(=Cc2cccc(C(=O)O)c2)Cn2ccnc2)cc1. The Morgan fingerprint density at radius 3 is 2.71 bits per heavy atom. The smallest absolute Gasteiger partial charge is 0.335 e. The molecule has 6 nitrogen and oxygen atoms in total. The summed E-state index contributed by atoms with van der Waals surface area (Å²) >= 11 is 0. The van der Waals surface area contributed by atoms with Crippen LogP contribution in [0.4, 0.5) is 0 Å². The van der Waals surface area contributed by atoms with Crippen LogP contribution in [0.2, 0.25) is 0 Å². The van der Waals surface area contributed by atoms with Gasteiger partial charge < -0.3 is 19.1 Å². The first-order valence-electron chi connectivity index (χ1n) is 8.83. The van der Waals surface area contributed by atoms with E-state index in [1.807, 2.05) is 47.2 Å². The molecule has 0 spiro atoms. The fourth-order valence-electron chi connectivity index (χ4n) is 2.77. The van der Waals surface area contributed by atoms with Crippen LogP contribution < -0.4 is 4.74 Å². The number of carboxylic acid groups (broad SMARTS) is 1. The Hall–Kier alpha value is -3.38. The summed E-state index contributed by atoms with van der Waals surface area (Å²) in [6.07, 6.45) is 7.30. The van der Waals surface area contributed by atoms with Gasteiger partial charge in [-0.05, 0) is 41.0 Å². The molecule has 0 unspecified atom stereocenters. The lowest BCUT2D eigenvalue weighted by Gasteiger charge is -2.11. The van der Waals surface area contributed by atoms with Crippen LogP contribution in [0.15, 0.2) is 72.8 Å². The van der Waals surface area contributed by atoms with Crippen molar-refractivity contribution < 1.29 is 19.4 Å². The number of ether oxygens (including phenoxy) is 2. The summed E-state index contributed by atoms with van der Waals surface area (Å²) in [5.41, 5.74) is 3.14. The minimum absolute atomic E-state index is 0.259. The maximum absolute atomic E-state index is 11.2. The number of methoxy groups -OCH3 is 1. The monoisotopic (exact) mass is 378 g/mol. The van der Waals surface area contributed by atoms with E-state index in [-0.39, 0.29) is 5.56 Å². The van der Waals surface area contributed by atoms with Crippen molar-refractivity contribution in [3.63, 3.8) is 0 Å². The highest BCUT2D eigenvalue weighted by atomic mass is 16.5. The molecule has 0 atom stereocenters. The molecule has 0 saturated carbocycles. The lowest BCUT2D eigenvalue weighted by atomic mass is 10.1. The van der Waals surface area contributed by atoms with Gasteiger partial charge in [-0.3, -0.25) is 0 Å². The summed E-state index contributed by atoms with van der Waals surface area (Å²) < 4.78 is 13.0. The van der Waals surface area contributed by atoms with Crippen LogP contribution in [0.5, 0.6) is 5.75 Å². The first-order valence-corrected chi connectivity index (χ1v) is 8.83. The van der Waals surface area contributed by atoms with E-state index in [9.17, 15) is 9.90 Å². The van der Waals surface area contributed by atoms with Crippen LogP contribution in [0.3, 0.4) is 0 Å². The van der Waals surface area contributed by atoms with E-state index in [2.05, 4.69) is 4.98 Å². The molecule has 0 saturated heterocycles. The van der Waals surface area contributed by atoms with Crippen molar-refractivity contribution in [2.45, 2.75) is 13.2 Å². The van der Waals surface area contributed by atoms with Crippen LogP contribution in [-0.4, -0.2) is 34.3 Å². The molecule has 0 aliphatic heterocycles. The number of hydrogen-bond donors (Lipinski definition) is 1. The summed E-state index contributed by atoms with van der Waals surface area (Å²) in [6, 6.07) is 14.6. The Morgan fingerprint density at radius 1 is 1.21 bits per heavy atom. The largest absolute Gasteiger partial charge is 0.497 e. The maximum Gasteiger partial charge on any atom is 0.335 e. The van der Waals surface area contributed by atoms with Gasteiger partial charge in [0.05, 0.1) is 32.2 Å². The van der Waals surface area contributed by atoms with Crippen LogP contribution in [0.25, 0.3) is 6.08 Å². The van der Waals surface area contributed by atoms with Gasteiger partial charge in [-0.1, -0.05) is 30.3 Å². The third-order valence-corrected chi connectivity index (χ3v) is 4.16. The van der Waals surface area contributed by atoms with E-state index in [1.54, 1.807) is 37.8 Å². The van der Waals surface area contributed by atoms with Gasteiger partial charge in [-0.2, -0.15) is 0 Å². The second-order valence-electron chi connectivity index (χ2n) is 6.31. The summed E-state index contributed by atoms with van der Waals surface area (Å²) in [6.45, 7) is 1.50. The van der Waals surface area contributed by atoms with Crippen molar-refractivity contribution in [2.75, 3.05) is 13.7 Å². The average molecular weight is 378 g/mol. The number of imidazole rings is 1. The predicted octanol–water partition coefficient (Wildman–Crippen LogP) is 3.89. The Kier molecular flexibility index (Phi) is 6.59. The molecule has 6 heteroatoms. The number of aromatic nitrogens is 2.